The van der Waals surface area contributed by atoms with Crippen LogP contribution < -0.4 is 4.90 Å². The number of carbonyl (C=O) groups excluding carboxylic acids is 1. The zero-order chi connectivity index (χ0) is 20.1. The highest BCUT2D eigenvalue weighted by Crippen LogP contribution is 2.43. The smallest absolute Gasteiger partial charge is 0.230 e. The molecule has 0 aliphatic carbocycles. The molecule has 1 fully saturated rings. The Kier molecular flexibility index (Phi) is 4.41. The van der Waals surface area contributed by atoms with Gasteiger partial charge in [-0.2, -0.15) is 5.10 Å². The first-order valence-corrected chi connectivity index (χ1v) is 10.5. The molecule has 0 spiro atoms. The summed E-state index contributed by atoms with van der Waals surface area (Å²) >= 11 is 7.65. The van der Waals surface area contributed by atoms with Gasteiger partial charge in [0, 0.05) is 21.9 Å². The Morgan fingerprint density at radius 1 is 1.10 bits per heavy atom. The van der Waals surface area contributed by atoms with Crippen LogP contribution in [0.5, 0.6) is 0 Å². The fraction of sp³-hybridized carbons (Fsp3) is 0.182. The molecule has 29 heavy (non-hydrogen) atoms. The highest BCUT2D eigenvalue weighted by Gasteiger charge is 2.39. The molecule has 0 unspecified atom stereocenters. The largest absolute Gasteiger partial charge is 0.304 e. The third kappa shape index (κ3) is 3.12. The summed E-state index contributed by atoms with van der Waals surface area (Å²) in [5, 5.41) is 5.37. The third-order valence-corrected chi connectivity index (χ3v) is 6.70. The van der Waals surface area contributed by atoms with Gasteiger partial charge in [-0.15, -0.1) is 11.3 Å². The first-order valence-electron chi connectivity index (χ1n) is 9.33. The number of benzene rings is 2. The number of hydrogen-bond acceptors (Lipinski definition) is 3. The van der Waals surface area contributed by atoms with E-state index in [-0.39, 0.29) is 23.7 Å². The van der Waals surface area contributed by atoms with Crippen molar-refractivity contribution in [3.63, 3.8) is 0 Å². The van der Waals surface area contributed by atoms with E-state index in [4.69, 9.17) is 11.6 Å². The maximum Gasteiger partial charge on any atom is 0.230 e. The minimum absolute atomic E-state index is 0.0143. The summed E-state index contributed by atoms with van der Waals surface area (Å²) in [6.45, 7) is 1.97. The van der Waals surface area contributed by atoms with Gasteiger partial charge in [0.1, 0.15) is 5.82 Å². The molecule has 1 aliphatic rings. The van der Waals surface area contributed by atoms with Crippen molar-refractivity contribution in [2.24, 2.45) is 5.92 Å². The van der Waals surface area contributed by atoms with E-state index in [0.717, 1.165) is 37.9 Å². The van der Waals surface area contributed by atoms with E-state index in [9.17, 15) is 9.18 Å². The fourth-order valence-electron chi connectivity index (χ4n) is 3.95. The number of fused-ring (bicyclic) bond motifs is 1. The summed E-state index contributed by atoms with van der Waals surface area (Å²) in [5.74, 6) is -0.211. The molecule has 146 valence electrons. The van der Waals surface area contributed by atoms with Crippen LogP contribution in [-0.4, -0.2) is 15.7 Å². The Bertz CT molecular complexity index is 1220. The van der Waals surface area contributed by atoms with Crippen molar-refractivity contribution in [2.75, 3.05) is 4.90 Å². The van der Waals surface area contributed by atoms with Gasteiger partial charge in [-0.25, -0.2) is 9.07 Å². The molecule has 1 saturated heterocycles. The lowest BCUT2D eigenvalue weighted by molar-refractivity contribution is -0.120. The molecule has 0 saturated carbocycles. The highest BCUT2D eigenvalue weighted by atomic mass is 35.5. The van der Waals surface area contributed by atoms with Crippen LogP contribution in [0.2, 0.25) is 4.34 Å². The molecular formula is C22H17ClFN3OS. The zero-order valence-electron chi connectivity index (χ0n) is 15.5. The van der Waals surface area contributed by atoms with Crippen molar-refractivity contribution in [3.05, 3.63) is 75.8 Å². The Labute approximate surface area is 176 Å². The van der Waals surface area contributed by atoms with Crippen LogP contribution in [0.4, 0.5) is 10.1 Å². The predicted molar refractivity (Wildman–Crippen MR) is 114 cm³/mol. The van der Waals surface area contributed by atoms with Gasteiger partial charge in [-0.3, -0.25) is 4.79 Å². The van der Waals surface area contributed by atoms with Crippen LogP contribution in [-0.2, 0) is 4.79 Å². The summed E-state index contributed by atoms with van der Waals surface area (Å²) in [6.07, 6.45) is 2.53. The van der Waals surface area contributed by atoms with E-state index < -0.39 is 0 Å². The molecule has 2 aromatic heterocycles. The SMILES string of the molecule is C[C@H]1C[C@@H](c2ccc(Cl)s2)N(c2ccc3c(cnn3-c3ccc(F)cc3)c2)C1=O. The number of nitrogens with zero attached hydrogens (tertiary/aromatic N) is 3. The molecule has 5 rings (SSSR count). The van der Waals surface area contributed by atoms with Gasteiger partial charge in [0.25, 0.3) is 0 Å². The Morgan fingerprint density at radius 3 is 2.59 bits per heavy atom. The number of rotatable bonds is 3. The molecule has 0 N–H and O–H groups in total. The topological polar surface area (TPSA) is 38.1 Å². The quantitative estimate of drug-likeness (QED) is 0.404. The van der Waals surface area contributed by atoms with Crippen molar-refractivity contribution < 1.29 is 9.18 Å². The molecule has 4 aromatic rings. The summed E-state index contributed by atoms with van der Waals surface area (Å²) in [6, 6.07) is 16.0. The van der Waals surface area contributed by atoms with Crippen molar-refractivity contribution in [3.8, 4) is 5.69 Å². The first-order chi connectivity index (χ1) is 14.0. The minimum Gasteiger partial charge on any atom is -0.304 e. The molecular weight excluding hydrogens is 409 g/mol. The molecule has 4 nitrogen and oxygen atoms in total. The number of thiophene rings is 1. The van der Waals surface area contributed by atoms with Crippen LogP contribution in [0.1, 0.15) is 24.3 Å². The van der Waals surface area contributed by atoms with E-state index in [1.807, 2.05) is 42.2 Å². The average molecular weight is 426 g/mol. The third-order valence-electron chi connectivity index (χ3n) is 5.37. The minimum atomic E-state index is -0.283. The normalized spacial score (nSPS) is 19.4. The number of aromatic nitrogens is 2. The van der Waals surface area contributed by atoms with Gasteiger partial charge in [-0.1, -0.05) is 18.5 Å². The highest BCUT2D eigenvalue weighted by molar-refractivity contribution is 7.16. The summed E-state index contributed by atoms with van der Waals surface area (Å²) in [5.41, 5.74) is 2.53. The lowest BCUT2D eigenvalue weighted by Crippen LogP contribution is -2.28. The molecule has 1 aliphatic heterocycles. The molecule has 0 radical (unpaired) electrons. The zero-order valence-corrected chi connectivity index (χ0v) is 17.1. The molecule has 2 aromatic carbocycles. The standard InChI is InChI=1S/C22H17ClFN3OS/c1-13-10-19(20-8-9-21(23)29-20)26(22(13)28)17-6-7-18-14(11-17)12-25-27(18)16-4-2-15(24)3-5-16/h2-9,11-13,19H,10H2,1H3/t13-,19-/m0/s1. The summed E-state index contributed by atoms with van der Waals surface area (Å²) in [7, 11) is 0. The van der Waals surface area contributed by atoms with E-state index in [2.05, 4.69) is 5.10 Å². The second kappa shape index (κ2) is 6.97. The lowest BCUT2D eigenvalue weighted by atomic mass is 10.1. The van der Waals surface area contributed by atoms with Gasteiger partial charge in [0.05, 0.1) is 27.8 Å². The second-order valence-electron chi connectivity index (χ2n) is 7.28. The Morgan fingerprint density at radius 2 is 1.86 bits per heavy atom. The van der Waals surface area contributed by atoms with Crippen molar-refractivity contribution in [1.29, 1.82) is 0 Å². The van der Waals surface area contributed by atoms with Crippen molar-refractivity contribution in [2.45, 2.75) is 19.4 Å². The van der Waals surface area contributed by atoms with Gasteiger partial charge in [0.15, 0.2) is 0 Å². The Hall–Kier alpha value is -2.70. The van der Waals surface area contributed by atoms with Crippen LogP contribution in [0, 0.1) is 11.7 Å². The fourth-order valence-corrected chi connectivity index (χ4v) is 5.11. The van der Waals surface area contributed by atoms with Crippen molar-refractivity contribution >= 4 is 45.4 Å². The van der Waals surface area contributed by atoms with E-state index in [1.165, 1.54) is 23.5 Å². The van der Waals surface area contributed by atoms with E-state index >= 15 is 0 Å². The van der Waals surface area contributed by atoms with Crippen LogP contribution in [0.15, 0.2) is 60.8 Å². The van der Waals surface area contributed by atoms with E-state index in [1.54, 1.807) is 23.0 Å². The molecule has 7 heteroatoms. The predicted octanol–water partition coefficient (Wildman–Crippen LogP) is 5.99. The second-order valence-corrected chi connectivity index (χ2v) is 9.03. The van der Waals surface area contributed by atoms with Gasteiger partial charge >= 0.3 is 0 Å². The van der Waals surface area contributed by atoms with Crippen LogP contribution >= 0.6 is 22.9 Å². The maximum absolute atomic E-state index is 13.2. The summed E-state index contributed by atoms with van der Waals surface area (Å²) in [4.78, 5) is 15.9. The number of amides is 1. The average Bonchev–Trinajstić information content (AvgIpc) is 3.40. The summed E-state index contributed by atoms with van der Waals surface area (Å²) < 4.78 is 15.7. The number of halogens is 2. The number of carbonyl (C=O) groups is 1. The molecule has 3 heterocycles. The van der Waals surface area contributed by atoms with Gasteiger partial charge in [0.2, 0.25) is 5.91 Å². The number of hydrogen-bond donors (Lipinski definition) is 0. The van der Waals surface area contributed by atoms with Crippen molar-refractivity contribution in [1.82, 2.24) is 9.78 Å². The van der Waals surface area contributed by atoms with Crippen LogP contribution in [0.3, 0.4) is 0 Å². The lowest BCUT2D eigenvalue weighted by Gasteiger charge is -2.24. The molecule has 0 bridgehead atoms. The van der Waals surface area contributed by atoms with Gasteiger partial charge < -0.3 is 4.90 Å². The first kappa shape index (κ1) is 18.3. The van der Waals surface area contributed by atoms with Gasteiger partial charge in [-0.05, 0) is 61.0 Å². The molecule has 2 atom stereocenters. The number of anilines is 1. The molecule has 1 amide bonds. The van der Waals surface area contributed by atoms with E-state index in [0.29, 0.717) is 0 Å². The Balaban J connectivity index is 1.56. The maximum atomic E-state index is 13.2. The monoisotopic (exact) mass is 425 g/mol. The van der Waals surface area contributed by atoms with Crippen LogP contribution in [0.25, 0.3) is 16.6 Å².